The van der Waals surface area contributed by atoms with Gasteiger partial charge < -0.3 is 101 Å². The number of carboxylic acids is 1. The number of fused-ring (bicyclic) bond motifs is 15. The lowest BCUT2D eigenvalue weighted by Gasteiger charge is -2.48. The van der Waals surface area contributed by atoms with Crippen LogP contribution in [0.4, 0.5) is 13.2 Å². The fourth-order valence-electron chi connectivity index (χ4n) is 12.2. The van der Waals surface area contributed by atoms with Gasteiger partial charge in [-0.2, -0.15) is 17.9 Å². The summed E-state index contributed by atoms with van der Waals surface area (Å²) < 4.78 is 70.0. The Morgan fingerprint density at radius 3 is 2.18 bits per heavy atom. The lowest BCUT2D eigenvalue weighted by atomic mass is 9.85. The molecule has 1 fully saturated rings. The van der Waals surface area contributed by atoms with Crippen molar-refractivity contribution in [1.82, 2.24) is 71.4 Å². The number of nitrogens with one attached hydrogen (secondary N) is 6. The summed E-state index contributed by atoms with van der Waals surface area (Å²) >= 11 is 4.60. The van der Waals surface area contributed by atoms with Crippen molar-refractivity contribution in [3.05, 3.63) is 112 Å². The van der Waals surface area contributed by atoms with Crippen molar-refractivity contribution in [1.29, 1.82) is 0 Å². The molecule has 12 rings (SSSR count). The van der Waals surface area contributed by atoms with Gasteiger partial charge in [-0.3, -0.25) is 24.0 Å². The zero-order valence-electron chi connectivity index (χ0n) is 57.7. The van der Waals surface area contributed by atoms with E-state index in [0.717, 1.165) is 56.7 Å². The second kappa shape index (κ2) is 33.1. The van der Waals surface area contributed by atoms with Crippen molar-refractivity contribution >= 4 is 121 Å². The topological polar surface area (TPSA) is 491 Å². The number of benzene rings is 1. The van der Waals surface area contributed by atoms with E-state index in [0.29, 0.717) is 10.3 Å². The monoisotopic (exact) mass is 1600 g/mol. The number of cyclic esters (lactones) is 2. The number of aromatic nitrogens is 7. The molecule has 108 heavy (non-hydrogen) atoms. The van der Waals surface area contributed by atoms with Gasteiger partial charge in [-0.1, -0.05) is 12.1 Å². The van der Waals surface area contributed by atoms with E-state index in [9.17, 15) is 53.2 Å². The normalized spacial score (nSPS) is 23.2. The van der Waals surface area contributed by atoms with Gasteiger partial charge in [-0.05, 0) is 59.5 Å². The van der Waals surface area contributed by atoms with Gasteiger partial charge >= 0.3 is 24.1 Å². The number of aliphatic hydroxyl groups excluding tert-OH is 3. The molecule has 576 valence electrons. The lowest BCUT2D eigenvalue weighted by Crippen LogP contribution is -2.62. The Bertz CT molecular complexity index is 4780. The first-order chi connectivity index (χ1) is 51.2. The Hall–Kier alpha value is -9.61. The van der Waals surface area contributed by atoms with Gasteiger partial charge in [0.2, 0.25) is 5.91 Å². The standard InChI is InChI=1S/C63H68N14O19S5.C2HF3O2/c1-25(79)42-55(86)74-43(26(2)91-7)58-70-37(24-99-58)54(85)75-46-48-49(96-40-14-63(4,89)50(76(5)6)27(3)95-40)62(88)93-17-28-9-8-10-38-41(28)31(18-92-48)47(77(38)90)61(87)94-19-32(66-52(83)35-23-101-60(46)71-35)57-67-33(20-98-57)44-30(56-68-36(22-97-56)53(84)73-42)13-39(81)45(72-44)59-69-34(21-100-59)51(82)65-12-11-64-15-29(80)16-78;3-2(4,5)1(6)7/h8-10,13,20-25,27,29,32,40,42,46,48-50,64,78-81,89-90H,11-12,14-19H2,1-7H3,(H,65,82)(H,66,83)(H,73,84)(H,74,86)(H,75,85);(H,6,7)/b43-26+;/t25-,27+,29?,32+,40+,42+,46+,48+,49+,50-,63+;/m1./s1. The molecule has 0 saturated carbocycles. The molecule has 0 radical (unpaired) electrons. The predicted molar refractivity (Wildman–Crippen MR) is 376 cm³/mol. The second-order valence-electron chi connectivity index (χ2n) is 25.1. The van der Waals surface area contributed by atoms with Crippen molar-refractivity contribution in [3.63, 3.8) is 0 Å². The SMILES string of the molecule is CO/C(C)=C1/NC(=O)[C@H]([C@@H](C)O)NC(=O)c2csc(n2)-c2cc(O)c(-c3nc(C(=O)NCCNCC(O)CO)cs3)nc2-c2csc(n2)[C@@H]2COC(=O)c3c4c5c(cccc5n3O)COC(=O)[C@@H](O[C@H]3C[C@](C)(O)[C@H](N(C)C)[C@H](C)O3)[C@@H](OC4)[C@H](NC(=O)c3csc1n3)c1nc(cs1)C(=O)N2.O=C(O)C(F)(F)F. The fourth-order valence-corrected chi connectivity index (χ4v) is 16.3. The van der Waals surface area contributed by atoms with Crippen molar-refractivity contribution in [2.24, 2.45) is 0 Å². The molecular weight excluding hydrogens is 1530 g/mol. The number of rotatable bonds is 13. The Balaban J connectivity index is 0.00000158. The van der Waals surface area contributed by atoms with Gasteiger partial charge in [-0.15, -0.1) is 56.7 Å². The molecule has 4 aliphatic rings. The van der Waals surface area contributed by atoms with E-state index in [2.05, 4.69) is 46.9 Å². The molecule has 0 spiro atoms. The molecule has 1 saturated heterocycles. The number of hydrogen-bond donors (Lipinski definition) is 13. The summed E-state index contributed by atoms with van der Waals surface area (Å²) in [6.07, 6.45) is -13.6. The summed E-state index contributed by atoms with van der Waals surface area (Å²) in [4.78, 5) is 141. The number of esters is 2. The van der Waals surface area contributed by atoms with Gasteiger partial charge in [0.25, 0.3) is 23.6 Å². The smallest absolute Gasteiger partial charge is 0.490 e. The molecule has 43 heteroatoms. The van der Waals surface area contributed by atoms with E-state index in [1.807, 2.05) is 0 Å². The summed E-state index contributed by atoms with van der Waals surface area (Å²) in [5, 5.41) is 97.2. The van der Waals surface area contributed by atoms with Crippen molar-refractivity contribution in [2.45, 2.75) is 120 Å². The van der Waals surface area contributed by atoms with Crippen LogP contribution in [0.3, 0.4) is 0 Å². The Morgan fingerprint density at radius 2 is 1.49 bits per heavy atom. The zero-order chi connectivity index (χ0) is 78.0. The number of aliphatic hydroxyl groups is 4. The van der Waals surface area contributed by atoms with Crippen LogP contribution in [0.5, 0.6) is 5.75 Å². The number of hydrogen-bond acceptors (Lipinski definition) is 33. The van der Waals surface area contributed by atoms with E-state index < -0.39 is 158 Å². The molecule has 4 aliphatic heterocycles. The van der Waals surface area contributed by atoms with Crippen LogP contribution in [0.2, 0.25) is 0 Å². The van der Waals surface area contributed by atoms with Gasteiger partial charge in [0.15, 0.2) is 18.1 Å². The average Bonchev–Trinajstić information content (AvgIpc) is 1.58. The third-order valence-corrected chi connectivity index (χ3v) is 21.6. The molecule has 11 atom stereocenters. The van der Waals surface area contributed by atoms with Crippen LogP contribution in [-0.4, -0.2) is 238 Å². The van der Waals surface area contributed by atoms with Crippen molar-refractivity contribution < 1.29 is 116 Å². The summed E-state index contributed by atoms with van der Waals surface area (Å²) in [5.74, 6) is -9.65. The van der Waals surface area contributed by atoms with Gasteiger partial charge in [0.05, 0.1) is 55.8 Å². The first-order valence-electron chi connectivity index (χ1n) is 32.5. The van der Waals surface area contributed by atoms with E-state index in [1.54, 1.807) is 50.4 Å². The lowest BCUT2D eigenvalue weighted by molar-refractivity contribution is -0.280. The Kier molecular flexibility index (Phi) is 24.3. The highest BCUT2D eigenvalue weighted by atomic mass is 32.1. The highest BCUT2D eigenvalue weighted by Crippen LogP contribution is 2.43. The third-order valence-electron chi connectivity index (χ3n) is 17.2. The number of carbonyl (C=O) groups is 8. The molecular formula is C65H69F3N14O21S5. The minimum Gasteiger partial charge on any atom is -0.506 e. The van der Waals surface area contributed by atoms with Crippen LogP contribution in [-0.2, 0) is 56.0 Å². The first-order valence-corrected chi connectivity index (χ1v) is 36.9. The number of ether oxygens (including phenoxy) is 6. The minimum atomic E-state index is -5.08. The minimum absolute atomic E-state index is 0.00657. The van der Waals surface area contributed by atoms with Gasteiger partial charge in [-0.25, -0.2) is 44.3 Å². The molecule has 5 amide bonds. The van der Waals surface area contributed by atoms with Crippen LogP contribution in [0.1, 0.15) is 125 Å². The number of likely N-dealkylation sites (N-methyl/N-ethyl adjacent to an activating group) is 1. The molecule has 8 aromatic rings. The van der Waals surface area contributed by atoms with E-state index in [-0.39, 0.29) is 124 Å². The number of halogens is 3. The zero-order valence-corrected chi connectivity index (χ0v) is 61.8. The third kappa shape index (κ3) is 17.3. The average molecular weight is 1600 g/mol. The summed E-state index contributed by atoms with van der Waals surface area (Å²) in [6, 6.07) is 0.716. The maximum atomic E-state index is 15.2. The Morgan fingerprint density at radius 1 is 0.843 bits per heavy atom. The molecule has 0 aliphatic carbocycles. The van der Waals surface area contributed by atoms with E-state index in [1.165, 1.54) is 54.6 Å². The number of aromatic hydroxyl groups is 1. The number of alkyl halides is 3. The van der Waals surface area contributed by atoms with Crippen molar-refractivity contribution in [3.8, 4) is 38.4 Å². The quantitative estimate of drug-likeness (QED) is 0.0340. The number of carbonyl (C=O) groups excluding carboxylic acids is 7. The second-order valence-corrected chi connectivity index (χ2v) is 29.5. The van der Waals surface area contributed by atoms with Gasteiger partial charge in [0.1, 0.15) is 120 Å². The summed E-state index contributed by atoms with van der Waals surface area (Å²) in [6.45, 7) is 4.26. The number of nitrogens with zero attached hydrogens (tertiary/aromatic N) is 8. The molecule has 1 aromatic carbocycles. The predicted octanol–water partition coefficient (Wildman–Crippen LogP) is 3.47. The summed E-state index contributed by atoms with van der Waals surface area (Å²) in [5.41, 5.74) is -2.48. The fraction of sp³-hybridized carbons (Fsp3) is 0.415. The molecule has 13 N–H and O–H groups in total. The number of carboxylic acid groups (broad SMARTS) is 1. The number of thiazole rings is 5. The van der Waals surface area contributed by atoms with Crippen LogP contribution in [0.25, 0.3) is 49.3 Å². The molecule has 11 heterocycles. The number of aliphatic carboxylic acids is 1. The maximum Gasteiger partial charge on any atom is 0.490 e. The number of allylic oxidation sites excluding steroid dienone is 1. The largest absolute Gasteiger partial charge is 0.506 e. The molecule has 1 unspecified atom stereocenters. The molecule has 7 aromatic heterocycles. The molecule has 12 bridgehead atoms. The highest BCUT2D eigenvalue weighted by Gasteiger charge is 2.50. The van der Waals surface area contributed by atoms with Crippen LogP contribution < -0.4 is 31.9 Å². The first kappa shape index (κ1) is 79.4. The Labute approximate surface area is 628 Å². The maximum absolute atomic E-state index is 15.2. The number of pyridine rings is 1. The van der Waals surface area contributed by atoms with E-state index >= 15 is 19.2 Å². The van der Waals surface area contributed by atoms with E-state index in [4.69, 9.17) is 58.4 Å². The molecule has 35 nitrogen and oxygen atoms in total. The van der Waals surface area contributed by atoms with Crippen LogP contribution >= 0.6 is 56.7 Å². The summed E-state index contributed by atoms with van der Waals surface area (Å²) in [7, 11) is 4.85. The number of methoxy groups -OCH3 is 1. The van der Waals surface area contributed by atoms with Crippen molar-refractivity contribution in [2.75, 3.05) is 54.1 Å². The van der Waals surface area contributed by atoms with Crippen LogP contribution in [0.15, 0.2) is 56.9 Å². The van der Waals surface area contributed by atoms with Crippen LogP contribution in [0, 0.1) is 0 Å². The number of amides is 5. The highest BCUT2D eigenvalue weighted by molar-refractivity contribution is 7.14. The van der Waals surface area contributed by atoms with Gasteiger partial charge in [0, 0.05) is 69.5 Å².